The lowest BCUT2D eigenvalue weighted by Gasteiger charge is -2.12. The first-order chi connectivity index (χ1) is 9.95. The number of aromatic nitrogens is 1. The molecule has 0 amide bonds. The van der Waals surface area contributed by atoms with E-state index in [1.54, 1.807) is 26.0 Å². The van der Waals surface area contributed by atoms with Crippen LogP contribution in [0.4, 0.5) is 5.69 Å². The van der Waals surface area contributed by atoms with Crippen LogP contribution in [0.15, 0.2) is 33.7 Å². The summed E-state index contributed by atoms with van der Waals surface area (Å²) in [5.41, 5.74) is 1.60. The molecule has 21 heavy (non-hydrogen) atoms. The van der Waals surface area contributed by atoms with Crippen LogP contribution in [0.5, 0.6) is 0 Å². The van der Waals surface area contributed by atoms with Gasteiger partial charge in [0.1, 0.15) is 5.69 Å². The Kier molecular flexibility index (Phi) is 4.64. The van der Waals surface area contributed by atoms with E-state index in [0.717, 1.165) is 5.56 Å². The zero-order chi connectivity index (χ0) is 15.5. The number of nitrogens with one attached hydrogen (secondary N) is 1. The molecule has 0 atom stereocenters. The Morgan fingerprint density at radius 3 is 2.62 bits per heavy atom. The standard InChI is InChI=1S/C14H18N2O4S/c1-4-19-9-12-7-5-6-8-13(12)16-21(17,18)14-10(2)15-20-11(14)3/h5-8,16H,4,9H2,1-3H3. The fourth-order valence-electron chi connectivity index (χ4n) is 2.01. The van der Waals surface area contributed by atoms with Gasteiger partial charge >= 0.3 is 0 Å². The lowest BCUT2D eigenvalue weighted by molar-refractivity contribution is 0.134. The van der Waals surface area contributed by atoms with Gasteiger partial charge in [0, 0.05) is 12.2 Å². The van der Waals surface area contributed by atoms with Crippen molar-refractivity contribution in [2.45, 2.75) is 32.3 Å². The Labute approximate surface area is 124 Å². The van der Waals surface area contributed by atoms with Crippen LogP contribution in [0.3, 0.4) is 0 Å². The first-order valence-corrected chi connectivity index (χ1v) is 8.05. The molecule has 0 radical (unpaired) electrons. The van der Waals surface area contributed by atoms with Crippen molar-refractivity contribution in [2.75, 3.05) is 11.3 Å². The highest BCUT2D eigenvalue weighted by molar-refractivity contribution is 7.92. The molecule has 1 N–H and O–H groups in total. The molecule has 0 aliphatic carbocycles. The van der Waals surface area contributed by atoms with E-state index in [2.05, 4.69) is 9.88 Å². The lowest BCUT2D eigenvalue weighted by atomic mass is 10.2. The van der Waals surface area contributed by atoms with Gasteiger partial charge < -0.3 is 9.26 Å². The molecular weight excluding hydrogens is 292 g/mol. The number of hydrogen-bond acceptors (Lipinski definition) is 5. The van der Waals surface area contributed by atoms with E-state index in [1.807, 2.05) is 19.1 Å². The molecular formula is C14H18N2O4S. The van der Waals surface area contributed by atoms with Gasteiger partial charge in [-0.1, -0.05) is 23.4 Å². The number of anilines is 1. The maximum absolute atomic E-state index is 12.5. The third kappa shape index (κ3) is 3.43. The summed E-state index contributed by atoms with van der Waals surface area (Å²) in [6.07, 6.45) is 0. The number of aryl methyl sites for hydroxylation is 2. The predicted molar refractivity (Wildman–Crippen MR) is 78.6 cm³/mol. The van der Waals surface area contributed by atoms with Gasteiger partial charge in [-0.15, -0.1) is 0 Å². The summed E-state index contributed by atoms with van der Waals surface area (Å²) in [6, 6.07) is 7.12. The fraction of sp³-hybridized carbons (Fsp3) is 0.357. The molecule has 2 aromatic rings. The predicted octanol–water partition coefficient (Wildman–Crippen LogP) is 2.63. The van der Waals surface area contributed by atoms with Crippen LogP contribution >= 0.6 is 0 Å². The van der Waals surface area contributed by atoms with Gasteiger partial charge in [0.25, 0.3) is 10.0 Å². The van der Waals surface area contributed by atoms with E-state index in [0.29, 0.717) is 24.6 Å². The zero-order valence-corrected chi connectivity index (χ0v) is 13.0. The Morgan fingerprint density at radius 2 is 2.00 bits per heavy atom. The SMILES string of the molecule is CCOCc1ccccc1NS(=O)(=O)c1c(C)noc1C. The van der Waals surface area contributed by atoms with Crippen LogP contribution in [-0.4, -0.2) is 20.2 Å². The number of para-hydroxylation sites is 1. The number of ether oxygens (including phenoxy) is 1. The molecule has 0 saturated carbocycles. The molecule has 0 aliphatic heterocycles. The summed E-state index contributed by atoms with van der Waals surface area (Å²) >= 11 is 0. The van der Waals surface area contributed by atoms with E-state index in [-0.39, 0.29) is 10.7 Å². The highest BCUT2D eigenvalue weighted by Crippen LogP contribution is 2.24. The fourth-order valence-corrected chi connectivity index (χ4v) is 3.44. The Hall–Kier alpha value is -1.86. The average Bonchev–Trinajstić information content (AvgIpc) is 2.77. The Bertz CT molecular complexity index is 703. The van der Waals surface area contributed by atoms with Crippen molar-refractivity contribution < 1.29 is 17.7 Å². The monoisotopic (exact) mass is 310 g/mol. The maximum Gasteiger partial charge on any atom is 0.267 e. The van der Waals surface area contributed by atoms with Crippen LogP contribution in [0.1, 0.15) is 23.9 Å². The molecule has 7 heteroatoms. The van der Waals surface area contributed by atoms with Gasteiger partial charge in [0.15, 0.2) is 10.7 Å². The Balaban J connectivity index is 2.33. The minimum atomic E-state index is -3.74. The van der Waals surface area contributed by atoms with E-state index in [4.69, 9.17) is 9.26 Å². The number of hydrogen-bond donors (Lipinski definition) is 1. The molecule has 2 rings (SSSR count). The van der Waals surface area contributed by atoms with Crippen molar-refractivity contribution in [2.24, 2.45) is 0 Å². The van der Waals surface area contributed by atoms with Gasteiger partial charge in [0.05, 0.1) is 12.3 Å². The molecule has 0 aliphatic rings. The Morgan fingerprint density at radius 1 is 1.29 bits per heavy atom. The topological polar surface area (TPSA) is 81.4 Å². The smallest absolute Gasteiger partial charge is 0.267 e. The van der Waals surface area contributed by atoms with E-state index >= 15 is 0 Å². The minimum absolute atomic E-state index is 0.0775. The molecule has 114 valence electrons. The molecule has 1 aromatic heterocycles. The molecule has 6 nitrogen and oxygen atoms in total. The van der Waals surface area contributed by atoms with Crippen LogP contribution in [0.25, 0.3) is 0 Å². The van der Waals surface area contributed by atoms with Crippen LogP contribution < -0.4 is 4.72 Å². The quantitative estimate of drug-likeness (QED) is 0.887. The third-order valence-electron chi connectivity index (χ3n) is 2.96. The molecule has 0 spiro atoms. The van der Waals surface area contributed by atoms with Gasteiger partial charge in [0.2, 0.25) is 0 Å². The zero-order valence-electron chi connectivity index (χ0n) is 12.2. The second-order valence-electron chi connectivity index (χ2n) is 4.55. The number of sulfonamides is 1. The normalized spacial score (nSPS) is 11.6. The first-order valence-electron chi connectivity index (χ1n) is 6.57. The molecule has 1 heterocycles. The number of rotatable bonds is 6. The summed E-state index contributed by atoms with van der Waals surface area (Å²) < 4.78 is 37.8. The van der Waals surface area contributed by atoms with E-state index < -0.39 is 10.0 Å². The molecule has 1 aromatic carbocycles. The average molecular weight is 310 g/mol. The van der Waals surface area contributed by atoms with Gasteiger partial charge in [-0.3, -0.25) is 4.72 Å². The van der Waals surface area contributed by atoms with Crippen LogP contribution in [-0.2, 0) is 21.4 Å². The maximum atomic E-state index is 12.5. The van der Waals surface area contributed by atoms with Crippen molar-refractivity contribution in [3.63, 3.8) is 0 Å². The molecule has 0 bridgehead atoms. The van der Waals surface area contributed by atoms with Crippen molar-refractivity contribution in [1.29, 1.82) is 0 Å². The van der Waals surface area contributed by atoms with E-state index in [1.165, 1.54) is 0 Å². The van der Waals surface area contributed by atoms with Crippen molar-refractivity contribution in [3.05, 3.63) is 41.3 Å². The highest BCUT2D eigenvalue weighted by Gasteiger charge is 2.24. The second-order valence-corrected chi connectivity index (χ2v) is 6.17. The van der Waals surface area contributed by atoms with Gasteiger partial charge in [-0.2, -0.15) is 0 Å². The number of nitrogens with zero attached hydrogens (tertiary/aromatic N) is 1. The summed E-state index contributed by atoms with van der Waals surface area (Å²) in [7, 11) is -3.74. The first kappa shape index (κ1) is 15.5. The molecule has 0 unspecified atom stereocenters. The van der Waals surface area contributed by atoms with Crippen molar-refractivity contribution in [3.8, 4) is 0 Å². The van der Waals surface area contributed by atoms with Gasteiger partial charge in [-0.05, 0) is 26.8 Å². The van der Waals surface area contributed by atoms with Crippen molar-refractivity contribution in [1.82, 2.24) is 5.16 Å². The van der Waals surface area contributed by atoms with Crippen molar-refractivity contribution >= 4 is 15.7 Å². The van der Waals surface area contributed by atoms with Gasteiger partial charge in [-0.25, -0.2) is 8.42 Å². The number of benzene rings is 1. The summed E-state index contributed by atoms with van der Waals surface area (Å²) in [6.45, 7) is 5.95. The molecule has 0 saturated heterocycles. The highest BCUT2D eigenvalue weighted by atomic mass is 32.2. The van der Waals surface area contributed by atoms with Crippen LogP contribution in [0.2, 0.25) is 0 Å². The summed E-state index contributed by atoms with van der Waals surface area (Å²) in [4.78, 5) is 0.0775. The second kappa shape index (κ2) is 6.28. The van der Waals surface area contributed by atoms with Crippen LogP contribution in [0, 0.1) is 13.8 Å². The van der Waals surface area contributed by atoms with E-state index in [9.17, 15) is 8.42 Å². The minimum Gasteiger partial charge on any atom is -0.377 e. The largest absolute Gasteiger partial charge is 0.377 e. The molecule has 0 fully saturated rings. The summed E-state index contributed by atoms with van der Waals surface area (Å²) in [5.74, 6) is 0.266. The lowest BCUT2D eigenvalue weighted by Crippen LogP contribution is -2.16. The summed E-state index contributed by atoms with van der Waals surface area (Å²) in [5, 5.41) is 3.68. The third-order valence-corrected chi connectivity index (χ3v) is 4.57.